The molecule has 1 aromatic heterocycles. The number of pyridine rings is 1. The standard InChI is InChI=1S/C17H14FN5O/c18-14-7-10(23-5-1-2-6-23)3-4-11(14)15-12(8-19)16(21)22-17(24)13(15)9-20/h3-4,7H,1-2,5-6H2,(H3,21,22,24). The number of nitrogens with two attached hydrogens (primary N) is 1. The molecule has 0 radical (unpaired) electrons. The Kier molecular flexibility index (Phi) is 3.93. The summed E-state index contributed by atoms with van der Waals surface area (Å²) in [5, 5.41) is 18.5. The number of hydrogen-bond donors (Lipinski definition) is 2. The van der Waals surface area contributed by atoms with Gasteiger partial charge in [-0.1, -0.05) is 0 Å². The maximum atomic E-state index is 14.7. The minimum atomic E-state index is -0.744. The molecular weight excluding hydrogens is 309 g/mol. The first-order valence-corrected chi connectivity index (χ1v) is 7.47. The van der Waals surface area contributed by atoms with Crippen molar-refractivity contribution >= 4 is 11.5 Å². The van der Waals surface area contributed by atoms with E-state index in [0.29, 0.717) is 0 Å². The summed E-state index contributed by atoms with van der Waals surface area (Å²) in [5.41, 5.74) is 5.17. The predicted molar refractivity (Wildman–Crippen MR) is 87.7 cm³/mol. The first-order valence-electron chi connectivity index (χ1n) is 7.47. The number of benzene rings is 1. The van der Waals surface area contributed by atoms with Gasteiger partial charge in [0.15, 0.2) is 0 Å². The van der Waals surface area contributed by atoms with Crippen LogP contribution in [-0.2, 0) is 0 Å². The smallest absolute Gasteiger partial charge is 0.268 e. The molecule has 1 saturated heterocycles. The Hall–Kier alpha value is -3.32. The molecule has 0 bridgehead atoms. The van der Waals surface area contributed by atoms with Crippen molar-refractivity contribution in [2.24, 2.45) is 0 Å². The second-order valence-corrected chi connectivity index (χ2v) is 5.57. The van der Waals surface area contributed by atoms with Gasteiger partial charge in [0.2, 0.25) is 0 Å². The zero-order chi connectivity index (χ0) is 17.3. The summed E-state index contributed by atoms with van der Waals surface area (Å²) >= 11 is 0. The van der Waals surface area contributed by atoms with Crippen LogP contribution >= 0.6 is 0 Å². The van der Waals surface area contributed by atoms with Crippen molar-refractivity contribution in [1.82, 2.24) is 4.98 Å². The number of nitrogens with zero attached hydrogens (tertiary/aromatic N) is 3. The van der Waals surface area contributed by atoms with Crippen LogP contribution < -0.4 is 16.2 Å². The highest BCUT2D eigenvalue weighted by Crippen LogP contribution is 2.32. The molecule has 3 N–H and O–H groups in total. The van der Waals surface area contributed by atoms with Gasteiger partial charge in [0.1, 0.15) is 34.9 Å². The van der Waals surface area contributed by atoms with Gasteiger partial charge >= 0.3 is 0 Å². The first kappa shape index (κ1) is 15.6. The van der Waals surface area contributed by atoms with E-state index in [4.69, 9.17) is 5.73 Å². The summed E-state index contributed by atoms with van der Waals surface area (Å²) < 4.78 is 14.7. The monoisotopic (exact) mass is 323 g/mol. The highest BCUT2D eigenvalue weighted by atomic mass is 19.1. The number of nitriles is 2. The zero-order valence-corrected chi connectivity index (χ0v) is 12.8. The van der Waals surface area contributed by atoms with Crippen LogP contribution in [-0.4, -0.2) is 18.1 Å². The molecule has 7 heteroatoms. The molecule has 3 rings (SSSR count). The number of rotatable bonds is 2. The Labute approximate surface area is 137 Å². The van der Waals surface area contributed by atoms with Crippen LogP contribution in [0.25, 0.3) is 11.1 Å². The molecule has 24 heavy (non-hydrogen) atoms. The molecule has 0 aliphatic carbocycles. The van der Waals surface area contributed by atoms with Crippen LogP contribution in [0.1, 0.15) is 24.0 Å². The third kappa shape index (κ3) is 2.46. The quantitative estimate of drug-likeness (QED) is 0.879. The van der Waals surface area contributed by atoms with E-state index in [0.717, 1.165) is 31.6 Å². The Morgan fingerprint density at radius 3 is 2.42 bits per heavy atom. The van der Waals surface area contributed by atoms with Gasteiger partial charge in [0, 0.05) is 29.9 Å². The van der Waals surface area contributed by atoms with Crippen LogP contribution in [0.4, 0.5) is 15.9 Å². The minimum Gasteiger partial charge on any atom is -0.384 e. The third-order valence-corrected chi connectivity index (χ3v) is 4.16. The Balaban J connectivity index is 2.21. The molecular formula is C17H14FN5O. The van der Waals surface area contributed by atoms with Crippen LogP contribution in [0, 0.1) is 28.5 Å². The van der Waals surface area contributed by atoms with Gasteiger partial charge in [-0.15, -0.1) is 0 Å². The predicted octanol–water partition coefficient (Wildman–Crippen LogP) is 2.11. The summed E-state index contributed by atoms with van der Waals surface area (Å²) in [6.07, 6.45) is 2.12. The summed E-state index contributed by atoms with van der Waals surface area (Å²) in [4.78, 5) is 16.2. The molecule has 1 fully saturated rings. The van der Waals surface area contributed by atoms with Crippen molar-refractivity contribution in [2.75, 3.05) is 23.7 Å². The zero-order valence-electron chi connectivity index (χ0n) is 12.8. The lowest BCUT2D eigenvalue weighted by Crippen LogP contribution is -2.18. The lowest BCUT2D eigenvalue weighted by Gasteiger charge is -2.18. The van der Waals surface area contributed by atoms with Gasteiger partial charge in [-0.3, -0.25) is 4.79 Å². The minimum absolute atomic E-state index is 0.0175. The molecule has 0 unspecified atom stereocenters. The molecule has 6 nitrogen and oxygen atoms in total. The molecule has 1 aliphatic heterocycles. The Morgan fingerprint density at radius 1 is 1.17 bits per heavy atom. The van der Waals surface area contributed by atoms with Gasteiger partial charge in [-0.2, -0.15) is 10.5 Å². The van der Waals surface area contributed by atoms with Crippen LogP contribution in [0.5, 0.6) is 0 Å². The first-order chi connectivity index (χ1) is 11.6. The van der Waals surface area contributed by atoms with E-state index in [9.17, 15) is 19.7 Å². The normalized spacial score (nSPS) is 13.5. The van der Waals surface area contributed by atoms with E-state index >= 15 is 0 Å². The lowest BCUT2D eigenvalue weighted by molar-refractivity contribution is 0.630. The number of H-pyrrole nitrogens is 1. The number of nitrogens with one attached hydrogen (secondary N) is 1. The highest BCUT2D eigenvalue weighted by Gasteiger charge is 2.22. The van der Waals surface area contributed by atoms with Crippen molar-refractivity contribution in [2.45, 2.75) is 12.8 Å². The largest absolute Gasteiger partial charge is 0.384 e. The number of anilines is 2. The summed E-state index contributed by atoms with van der Waals surface area (Å²) in [6, 6.07) is 8.14. The van der Waals surface area contributed by atoms with Crippen molar-refractivity contribution in [3.05, 3.63) is 45.5 Å². The van der Waals surface area contributed by atoms with E-state index < -0.39 is 11.4 Å². The number of aromatic amines is 1. The van der Waals surface area contributed by atoms with Gasteiger partial charge in [0.25, 0.3) is 5.56 Å². The fourth-order valence-corrected chi connectivity index (χ4v) is 2.99. The van der Waals surface area contributed by atoms with Gasteiger partial charge in [-0.25, -0.2) is 4.39 Å². The molecule has 0 amide bonds. The average molecular weight is 323 g/mol. The summed E-state index contributed by atoms with van der Waals surface area (Å²) in [6.45, 7) is 1.73. The molecule has 0 atom stereocenters. The number of hydrogen-bond acceptors (Lipinski definition) is 5. The maximum absolute atomic E-state index is 14.7. The van der Waals surface area contributed by atoms with E-state index in [1.165, 1.54) is 12.1 Å². The van der Waals surface area contributed by atoms with E-state index in [1.54, 1.807) is 12.1 Å². The van der Waals surface area contributed by atoms with Gasteiger partial charge < -0.3 is 15.6 Å². The molecule has 2 heterocycles. The molecule has 1 aromatic carbocycles. The lowest BCUT2D eigenvalue weighted by atomic mass is 9.96. The summed E-state index contributed by atoms with van der Waals surface area (Å²) in [7, 11) is 0. The van der Waals surface area contributed by atoms with Gasteiger partial charge in [0.05, 0.1) is 0 Å². The average Bonchev–Trinajstić information content (AvgIpc) is 3.09. The van der Waals surface area contributed by atoms with Gasteiger partial charge in [-0.05, 0) is 31.0 Å². The van der Waals surface area contributed by atoms with Crippen LogP contribution in [0.2, 0.25) is 0 Å². The molecule has 0 spiro atoms. The molecule has 0 saturated carbocycles. The van der Waals surface area contributed by atoms with Crippen LogP contribution in [0.15, 0.2) is 23.0 Å². The fourth-order valence-electron chi connectivity index (χ4n) is 2.99. The molecule has 1 aliphatic rings. The van der Waals surface area contributed by atoms with Crippen molar-refractivity contribution in [1.29, 1.82) is 10.5 Å². The highest BCUT2D eigenvalue weighted by molar-refractivity contribution is 5.81. The second-order valence-electron chi connectivity index (χ2n) is 5.57. The SMILES string of the molecule is N#Cc1c(N)[nH]c(=O)c(C#N)c1-c1ccc(N2CCCC2)cc1F. The van der Waals surface area contributed by atoms with Crippen molar-refractivity contribution < 1.29 is 4.39 Å². The van der Waals surface area contributed by atoms with Crippen molar-refractivity contribution in [3.63, 3.8) is 0 Å². The van der Waals surface area contributed by atoms with Crippen molar-refractivity contribution in [3.8, 4) is 23.3 Å². The maximum Gasteiger partial charge on any atom is 0.268 e. The Morgan fingerprint density at radius 2 is 1.83 bits per heavy atom. The number of halogens is 1. The van der Waals surface area contributed by atoms with E-state index in [2.05, 4.69) is 9.88 Å². The van der Waals surface area contributed by atoms with E-state index in [1.807, 2.05) is 6.07 Å². The number of nitrogen functional groups attached to an aromatic ring is 1. The molecule has 120 valence electrons. The fraction of sp³-hybridized carbons (Fsp3) is 0.235. The van der Waals surface area contributed by atoms with Crippen LogP contribution in [0.3, 0.4) is 0 Å². The topological polar surface area (TPSA) is 110 Å². The number of aromatic nitrogens is 1. The summed E-state index contributed by atoms with van der Waals surface area (Å²) in [5.74, 6) is -0.781. The second kappa shape index (κ2) is 6.05. The van der Waals surface area contributed by atoms with E-state index in [-0.39, 0.29) is 28.1 Å². The molecule has 2 aromatic rings. The Bertz CT molecular complexity index is 945. The third-order valence-electron chi connectivity index (χ3n) is 4.16.